The van der Waals surface area contributed by atoms with Crippen molar-refractivity contribution in [1.29, 1.82) is 0 Å². The van der Waals surface area contributed by atoms with Crippen LogP contribution >= 0.6 is 47.0 Å². The molecular formula is C14H9Cl3N2OS. The molecule has 108 valence electrons. The zero-order chi connectivity index (χ0) is 15.4. The molecule has 0 unspecified atom stereocenters. The molecule has 0 aliphatic rings. The predicted molar refractivity (Wildman–Crippen MR) is 91.6 cm³/mol. The first-order valence-electron chi connectivity index (χ1n) is 5.79. The molecule has 3 nitrogen and oxygen atoms in total. The minimum atomic E-state index is -0.315. The van der Waals surface area contributed by atoms with Gasteiger partial charge in [-0.25, -0.2) is 0 Å². The predicted octanol–water partition coefficient (Wildman–Crippen LogP) is 4.77. The number of hydrogen-bond donors (Lipinski definition) is 2. The fourth-order valence-electron chi connectivity index (χ4n) is 1.54. The molecule has 0 aliphatic carbocycles. The van der Waals surface area contributed by atoms with Crippen molar-refractivity contribution >= 4 is 63.7 Å². The number of anilines is 1. The van der Waals surface area contributed by atoms with Gasteiger partial charge in [0.25, 0.3) is 5.91 Å². The molecule has 7 heteroatoms. The highest BCUT2D eigenvalue weighted by Crippen LogP contribution is 2.32. The van der Waals surface area contributed by atoms with Crippen LogP contribution in [0.4, 0.5) is 5.69 Å². The van der Waals surface area contributed by atoms with E-state index in [1.165, 1.54) is 12.1 Å². The van der Waals surface area contributed by atoms with E-state index in [1.54, 1.807) is 24.3 Å². The molecule has 0 atom stereocenters. The first-order chi connectivity index (χ1) is 9.97. The summed E-state index contributed by atoms with van der Waals surface area (Å²) in [7, 11) is 0. The Morgan fingerprint density at radius 3 is 2.24 bits per heavy atom. The Kier molecular flexibility index (Phi) is 5.42. The second-order valence-corrected chi connectivity index (χ2v) is 5.65. The molecule has 1 amide bonds. The first-order valence-corrected chi connectivity index (χ1v) is 7.33. The molecule has 2 rings (SSSR count). The van der Waals surface area contributed by atoms with Crippen molar-refractivity contribution in [3.63, 3.8) is 0 Å². The Morgan fingerprint density at radius 1 is 0.952 bits per heavy atom. The Labute approximate surface area is 142 Å². The Balaban J connectivity index is 2.06. The maximum absolute atomic E-state index is 11.9. The quantitative estimate of drug-likeness (QED) is 0.599. The topological polar surface area (TPSA) is 41.1 Å². The summed E-state index contributed by atoms with van der Waals surface area (Å²) in [6.45, 7) is 0. The van der Waals surface area contributed by atoms with E-state index >= 15 is 0 Å². The third kappa shape index (κ3) is 4.32. The van der Waals surface area contributed by atoms with Crippen molar-refractivity contribution in [2.24, 2.45) is 0 Å². The monoisotopic (exact) mass is 358 g/mol. The summed E-state index contributed by atoms with van der Waals surface area (Å²) in [5, 5.41) is 6.49. The van der Waals surface area contributed by atoms with E-state index in [1.807, 2.05) is 6.07 Å². The zero-order valence-electron chi connectivity index (χ0n) is 10.5. The van der Waals surface area contributed by atoms with Crippen molar-refractivity contribution in [2.45, 2.75) is 0 Å². The maximum Gasteiger partial charge on any atom is 0.257 e. The lowest BCUT2D eigenvalue weighted by Gasteiger charge is -2.11. The summed E-state index contributed by atoms with van der Waals surface area (Å²) < 4.78 is 0. The average molecular weight is 360 g/mol. The van der Waals surface area contributed by atoms with Crippen LogP contribution in [0.2, 0.25) is 15.1 Å². The molecule has 0 bridgehead atoms. The fourth-order valence-corrected chi connectivity index (χ4v) is 2.33. The number of rotatable bonds is 2. The van der Waals surface area contributed by atoms with E-state index in [4.69, 9.17) is 47.0 Å². The molecule has 0 aromatic heterocycles. The number of halogens is 3. The minimum absolute atomic E-state index is 0.115. The fraction of sp³-hybridized carbons (Fsp3) is 0. The third-order valence-corrected chi connectivity index (χ3v) is 3.76. The van der Waals surface area contributed by atoms with E-state index in [0.29, 0.717) is 26.3 Å². The molecule has 0 radical (unpaired) electrons. The van der Waals surface area contributed by atoms with Gasteiger partial charge in [-0.15, -0.1) is 0 Å². The smallest absolute Gasteiger partial charge is 0.257 e. The van der Waals surface area contributed by atoms with Crippen LogP contribution in [0.3, 0.4) is 0 Å². The Hall–Kier alpha value is -1.33. The second kappa shape index (κ2) is 7.09. The number of benzene rings is 2. The molecule has 0 saturated heterocycles. The highest BCUT2D eigenvalue weighted by atomic mass is 35.5. The highest BCUT2D eigenvalue weighted by Gasteiger charge is 2.10. The normalized spacial score (nSPS) is 10.0. The molecule has 0 fully saturated rings. The van der Waals surface area contributed by atoms with Gasteiger partial charge in [0.05, 0.1) is 20.8 Å². The van der Waals surface area contributed by atoms with E-state index < -0.39 is 0 Å². The summed E-state index contributed by atoms with van der Waals surface area (Å²) in [5.41, 5.74) is 0.964. The van der Waals surface area contributed by atoms with Crippen LogP contribution < -0.4 is 10.6 Å². The highest BCUT2D eigenvalue weighted by molar-refractivity contribution is 7.80. The van der Waals surface area contributed by atoms with Crippen molar-refractivity contribution in [2.75, 3.05) is 5.32 Å². The van der Waals surface area contributed by atoms with Gasteiger partial charge in [-0.05, 0) is 36.5 Å². The lowest BCUT2D eigenvalue weighted by molar-refractivity contribution is 0.0978. The average Bonchev–Trinajstić information content (AvgIpc) is 2.45. The maximum atomic E-state index is 11.9. The van der Waals surface area contributed by atoms with Gasteiger partial charge in [-0.1, -0.05) is 53.0 Å². The van der Waals surface area contributed by atoms with Crippen molar-refractivity contribution < 1.29 is 4.79 Å². The lowest BCUT2D eigenvalue weighted by atomic mass is 10.2. The second-order valence-electron chi connectivity index (χ2n) is 4.02. The Morgan fingerprint density at radius 2 is 1.57 bits per heavy atom. The van der Waals surface area contributed by atoms with Gasteiger partial charge in [0.2, 0.25) is 0 Å². The molecule has 21 heavy (non-hydrogen) atoms. The molecule has 0 aliphatic heterocycles. The van der Waals surface area contributed by atoms with Gasteiger partial charge in [-0.3, -0.25) is 10.1 Å². The van der Waals surface area contributed by atoms with Crippen LogP contribution in [0, 0.1) is 0 Å². The van der Waals surface area contributed by atoms with Crippen LogP contribution in [0.15, 0.2) is 42.5 Å². The van der Waals surface area contributed by atoms with Crippen LogP contribution in [-0.4, -0.2) is 11.0 Å². The van der Waals surface area contributed by atoms with Crippen LogP contribution in [0.1, 0.15) is 10.4 Å². The van der Waals surface area contributed by atoms with Crippen LogP contribution in [-0.2, 0) is 0 Å². The number of hydrogen-bond acceptors (Lipinski definition) is 2. The molecule has 0 saturated carbocycles. The van der Waals surface area contributed by atoms with E-state index in [0.717, 1.165) is 0 Å². The minimum Gasteiger partial charge on any atom is -0.331 e. The van der Waals surface area contributed by atoms with Crippen molar-refractivity contribution in [3.05, 3.63) is 63.1 Å². The van der Waals surface area contributed by atoms with Crippen molar-refractivity contribution in [3.8, 4) is 0 Å². The molecular weight excluding hydrogens is 351 g/mol. The standard InChI is InChI=1S/C14H9Cl3N2OS/c15-9-6-11(17)12(7-10(9)16)18-14(21)19-13(20)8-4-2-1-3-5-8/h1-7H,(H2,18,19,20,21). The number of amides is 1. The summed E-state index contributed by atoms with van der Waals surface area (Å²) in [6, 6.07) is 11.8. The van der Waals surface area contributed by atoms with Gasteiger partial charge in [0.1, 0.15) is 0 Å². The number of nitrogens with one attached hydrogen (secondary N) is 2. The Bertz CT molecular complexity index is 692. The van der Waals surface area contributed by atoms with E-state index in [9.17, 15) is 4.79 Å². The van der Waals surface area contributed by atoms with Gasteiger partial charge >= 0.3 is 0 Å². The number of thiocarbonyl (C=S) groups is 1. The SMILES string of the molecule is O=C(NC(=S)Nc1cc(Cl)c(Cl)cc1Cl)c1ccccc1. The van der Waals surface area contributed by atoms with Gasteiger partial charge in [0.15, 0.2) is 5.11 Å². The molecule has 2 N–H and O–H groups in total. The molecule has 2 aromatic rings. The zero-order valence-corrected chi connectivity index (χ0v) is 13.6. The summed E-state index contributed by atoms with van der Waals surface area (Å²) in [4.78, 5) is 11.9. The van der Waals surface area contributed by atoms with Crippen LogP contribution in [0.5, 0.6) is 0 Å². The molecule has 0 heterocycles. The number of carbonyl (C=O) groups is 1. The number of carbonyl (C=O) groups excluding carboxylic acids is 1. The van der Waals surface area contributed by atoms with Gasteiger partial charge in [0, 0.05) is 5.56 Å². The van der Waals surface area contributed by atoms with Gasteiger partial charge < -0.3 is 5.32 Å². The summed E-state index contributed by atoms with van der Waals surface area (Å²) in [6.07, 6.45) is 0. The summed E-state index contributed by atoms with van der Waals surface area (Å²) >= 11 is 22.8. The van der Waals surface area contributed by atoms with Crippen molar-refractivity contribution in [1.82, 2.24) is 5.32 Å². The largest absolute Gasteiger partial charge is 0.331 e. The summed E-state index contributed by atoms with van der Waals surface area (Å²) in [5.74, 6) is -0.315. The van der Waals surface area contributed by atoms with Crippen LogP contribution in [0.25, 0.3) is 0 Å². The van der Waals surface area contributed by atoms with E-state index in [-0.39, 0.29) is 11.0 Å². The molecule has 0 spiro atoms. The molecule has 2 aromatic carbocycles. The third-order valence-electron chi connectivity index (χ3n) is 2.52. The van der Waals surface area contributed by atoms with E-state index in [2.05, 4.69) is 10.6 Å². The first kappa shape index (κ1) is 16.0. The van der Waals surface area contributed by atoms with Gasteiger partial charge in [-0.2, -0.15) is 0 Å². The lowest BCUT2D eigenvalue weighted by Crippen LogP contribution is -2.34.